The summed E-state index contributed by atoms with van der Waals surface area (Å²) in [5, 5.41) is 14.6. The summed E-state index contributed by atoms with van der Waals surface area (Å²) >= 11 is 0. The van der Waals surface area contributed by atoms with Crippen LogP contribution in [0.3, 0.4) is 0 Å². The zero-order chi connectivity index (χ0) is 12.7. The molecular formula is C13H20N2O2. The van der Waals surface area contributed by atoms with Gasteiger partial charge in [-0.25, -0.2) is 4.79 Å². The highest BCUT2D eigenvalue weighted by Crippen LogP contribution is 2.06. The Balaban J connectivity index is 2.43. The van der Waals surface area contributed by atoms with Gasteiger partial charge in [-0.2, -0.15) is 0 Å². The maximum atomic E-state index is 11.6. The second-order valence-electron chi connectivity index (χ2n) is 4.47. The molecule has 0 saturated heterocycles. The summed E-state index contributed by atoms with van der Waals surface area (Å²) in [6.45, 7) is 4.07. The third-order valence-corrected chi connectivity index (χ3v) is 2.34. The molecule has 1 atom stereocenters. The van der Waals surface area contributed by atoms with Crippen molar-refractivity contribution in [2.45, 2.75) is 26.3 Å². The van der Waals surface area contributed by atoms with Gasteiger partial charge in [0.15, 0.2) is 0 Å². The molecule has 1 aromatic rings. The fraction of sp³-hybridized carbons (Fsp3) is 0.462. The normalized spacial score (nSPS) is 12.2. The van der Waals surface area contributed by atoms with E-state index < -0.39 is 0 Å². The number of hydrogen-bond donors (Lipinski definition) is 3. The number of aliphatic hydroxyl groups is 1. The number of carbonyl (C=O) groups excluding carboxylic acids is 1. The van der Waals surface area contributed by atoms with E-state index in [1.54, 1.807) is 0 Å². The molecule has 94 valence electrons. The van der Waals surface area contributed by atoms with Crippen LogP contribution in [0.1, 0.15) is 20.3 Å². The predicted octanol–water partition coefficient (Wildman–Crippen LogP) is 2.22. The van der Waals surface area contributed by atoms with Crippen LogP contribution in [0.2, 0.25) is 0 Å². The van der Waals surface area contributed by atoms with E-state index in [4.69, 9.17) is 5.11 Å². The zero-order valence-corrected chi connectivity index (χ0v) is 10.3. The van der Waals surface area contributed by atoms with E-state index >= 15 is 0 Å². The smallest absolute Gasteiger partial charge is 0.319 e. The quantitative estimate of drug-likeness (QED) is 0.734. The fourth-order valence-electron chi connectivity index (χ4n) is 1.62. The minimum Gasteiger partial charge on any atom is -0.394 e. The lowest BCUT2D eigenvalue weighted by molar-refractivity contribution is 0.214. The molecule has 0 spiro atoms. The average Bonchev–Trinajstić information content (AvgIpc) is 2.28. The van der Waals surface area contributed by atoms with Gasteiger partial charge in [-0.15, -0.1) is 0 Å². The van der Waals surface area contributed by atoms with Crippen molar-refractivity contribution < 1.29 is 9.90 Å². The standard InChI is InChI=1S/C13H20N2O2/c1-10(2)8-12(9-16)15-13(17)14-11-6-4-3-5-7-11/h3-7,10,12,16H,8-9H2,1-2H3,(H2,14,15,17)/t12-/m0/s1. The van der Waals surface area contributed by atoms with Crippen molar-refractivity contribution in [2.24, 2.45) is 5.92 Å². The third kappa shape index (κ3) is 5.36. The largest absolute Gasteiger partial charge is 0.394 e. The topological polar surface area (TPSA) is 61.4 Å². The van der Waals surface area contributed by atoms with Crippen molar-refractivity contribution >= 4 is 11.7 Å². The maximum Gasteiger partial charge on any atom is 0.319 e. The minimum absolute atomic E-state index is 0.0413. The van der Waals surface area contributed by atoms with Gasteiger partial charge in [0, 0.05) is 5.69 Å². The molecule has 3 N–H and O–H groups in total. The number of anilines is 1. The van der Waals surface area contributed by atoms with Gasteiger partial charge in [-0.3, -0.25) is 0 Å². The summed E-state index contributed by atoms with van der Waals surface area (Å²) in [6, 6.07) is 8.75. The van der Waals surface area contributed by atoms with Gasteiger partial charge in [0.2, 0.25) is 0 Å². The number of aliphatic hydroxyl groups excluding tert-OH is 1. The number of amides is 2. The number of para-hydroxylation sites is 1. The molecule has 0 heterocycles. The van der Waals surface area contributed by atoms with Crippen molar-refractivity contribution in [2.75, 3.05) is 11.9 Å². The monoisotopic (exact) mass is 236 g/mol. The van der Waals surface area contributed by atoms with Gasteiger partial charge in [0.05, 0.1) is 12.6 Å². The van der Waals surface area contributed by atoms with Crippen molar-refractivity contribution in [3.05, 3.63) is 30.3 Å². The lowest BCUT2D eigenvalue weighted by Gasteiger charge is -2.18. The maximum absolute atomic E-state index is 11.6. The van der Waals surface area contributed by atoms with Crippen LogP contribution in [-0.2, 0) is 0 Å². The Bertz CT molecular complexity index is 339. The molecule has 1 aromatic carbocycles. The van der Waals surface area contributed by atoms with Gasteiger partial charge in [-0.1, -0.05) is 32.0 Å². The molecule has 0 bridgehead atoms. The van der Waals surface area contributed by atoms with E-state index in [0.717, 1.165) is 12.1 Å². The summed E-state index contributed by atoms with van der Waals surface area (Å²) < 4.78 is 0. The highest BCUT2D eigenvalue weighted by Gasteiger charge is 2.12. The molecule has 17 heavy (non-hydrogen) atoms. The number of rotatable bonds is 5. The first-order chi connectivity index (χ1) is 8.11. The summed E-state index contributed by atoms with van der Waals surface area (Å²) in [4.78, 5) is 11.6. The molecular weight excluding hydrogens is 216 g/mol. The minimum atomic E-state index is -0.282. The van der Waals surface area contributed by atoms with Crippen LogP contribution in [-0.4, -0.2) is 23.8 Å². The molecule has 2 amide bonds. The second kappa shape index (κ2) is 6.91. The predicted molar refractivity (Wildman–Crippen MR) is 68.9 cm³/mol. The first-order valence-corrected chi connectivity index (χ1v) is 5.85. The molecule has 0 aliphatic heterocycles. The van der Waals surface area contributed by atoms with Crippen molar-refractivity contribution in [1.29, 1.82) is 0 Å². The van der Waals surface area contributed by atoms with Gasteiger partial charge in [-0.05, 0) is 24.5 Å². The van der Waals surface area contributed by atoms with Crippen LogP contribution in [0.4, 0.5) is 10.5 Å². The number of benzene rings is 1. The molecule has 0 saturated carbocycles. The molecule has 0 unspecified atom stereocenters. The molecule has 0 aromatic heterocycles. The second-order valence-corrected chi connectivity index (χ2v) is 4.47. The number of urea groups is 1. The van der Waals surface area contributed by atoms with Crippen molar-refractivity contribution in [3.8, 4) is 0 Å². The van der Waals surface area contributed by atoms with Crippen LogP contribution >= 0.6 is 0 Å². The molecule has 0 fully saturated rings. The van der Waals surface area contributed by atoms with Crippen molar-refractivity contribution in [1.82, 2.24) is 5.32 Å². The van der Waals surface area contributed by atoms with Gasteiger partial charge < -0.3 is 15.7 Å². The fourth-order valence-corrected chi connectivity index (χ4v) is 1.62. The number of nitrogens with one attached hydrogen (secondary N) is 2. The highest BCUT2D eigenvalue weighted by molar-refractivity contribution is 5.89. The summed E-state index contributed by atoms with van der Waals surface area (Å²) in [5.74, 6) is 0.434. The molecule has 0 aliphatic rings. The lowest BCUT2D eigenvalue weighted by Crippen LogP contribution is -2.40. The SMILES string of the molecule is CC(C)C[C@@H](CO)NC(=O)Nc1ccccc1. The molecule has 0 aliphatic carbocycles. The molecule has 4 heteroatoms. The van der Waals surface area contributed by atoms with E-state index in [0.29, 0.717) is 5.92 Å². The number of carbonyl (C=O) groups is 1. The Morgan fingerprint density at radius 2 is 1.94 bits per heavy atom. The molecule has 0 radical (unpaired) electrons. The summed E-state index contributed by atoms with van der Waals surface area (Å²) in [7, 11) is 0. The van der Waals surface area contributed by atoms with E-state index in [9.17, 15) is 4.79 Å². The Morgan fingerprint density at radius 3 is 2.47 bits per heavy atom. The molecule has 4 nitrogen and oxygen atoms in total. The van der Waals surface area contributed by atoms with Gasteiger partial charge in [0.1, 0.15) is 0 Å². The van der Waals surface area contributed by atoms with E-state index in [1.807, 2.05) is 30.3 Å². The first-order valence-electron chi connectivity index (χ1n) is 5.85. The van der Waals surface area contributed by atoms with Crippen LogP contribution in [0.15, 0.2) is 30.3 Å². The van der Waals surface area contributed by atoms with Crippen LogP contribution < -0.4 is 10.6 Å². The summed E-state index contributed by atoms with van der Waals surface area (Å²) in [6.07, 6.45) is 0.763. The summed E-state index contributed by atoms with van der Waals surface area (Å²) in [5.41, 5.74) is 0.742. The Labute approximate surface area is 102 Å². The third-order valence-electron chi connectivity index (χ3n) is 2.34. The number of hydrogen-bond acceptors (Lipinski definition) is 2. The van der Waals surface area contributed by atoms with Crippen LogP contribution in [0.5, 0.6) is 0 Å². The van der Waals surface area contributed by atoms with Crippen LogP contribution in [0, 0.1) is 5.92 Å². The Morgan fingerprint density at radius 1 is 1.29 bits per heavy atom. The van der Waals surface area contributed by atoms with Gasteiger partial charge in [0.25, 0.3) is 0 Å². The lowest BCUT2D eigenvalue weighted by atomic mass is 10.0. The van der Waals surface area contributed by atoms with E-state index in [2.05, 4.69) is 24.5 Å². The van der Waals surface area contributed by atoms with Crippen molar-refractivity contribution in [3.63, 3.8) is 0 Å². The van der Waals surface area contributed by atoms with E-state index in [-0.39, 0.29) is 18.7 Å². The van der Waals surface area contributed by atoms with Gasteiger partial charge >= 0.3 is 6.03 Å². The Kier molecular flexibility index (Phi) is 5.49. The Hall–Kier alpha value is -1.55. The molecule has 1 rings (SSSR count). The first kappa shape index (κ1) is 13.5. The van der Waals surface area contributed by atoms with E-state index in [1.165, 1.54) is 0 Å². The zero-order valence-electron chi connectivity index (χ0n) is 10.3. The highest BCUT2D eigenvalue weighted by atomic mass is 16.3. The average molecular weight is 236 g/mol. The van der Waals surface area contributed by atoms with Crippen LogP contribution in [0.25, 0.3) is 0 Å².